The first-order valence-electron chi connectivity index (χ1n) is 16.6. The van der Waals surface area contributed by atoms with Crippen molar-refractivity contribution in [2.75, 3.05) is 11.4 Å². The van der Waals surface area contributed by atoms with Crippen LogP contribution in [0, 0.1) is 24.2 Å². The molecule has 3 nitrogen and oxygen atoms in total. The van der Waals surface area contributed by atoms with Crippen LogP contribution in [-0.2, 0) is 11.8 Å². The van der Waals surface area contributed by atoms with E-state index in [1.54, 1.807) is 5.56 Å². The predicted molar refractivity (Wildman–Crippen MR) is 175 cm³/mol. The van der Waals surface area contributed by atoms with E-state index in [9.17, 15) is 0 Å². The number of fused-ring (bicyclic) bond motifs is 3. The number of allylic oxidation sites excluding steroid dienone is 2. The van der Waals surface area contributed by atoms with Gasteiger partial charge in [0, 0.05) is 36.1 Å². The average Bonchev–Trinajstić information content (AvgIpc) is 3.52. The number of aromatic nitrogens is 1. The van der Waals surface area contributed by atoms with E-state index in [0.29, 0.717) is 22.7 Å². The molecule has 3 heteroatoms. The molecule has 1 aromatic carbocycles. The van der Waals surface area contributed by atoms with Crippen LogP contribution in [0.1, 0.15) is 120 Å². The van der Waals surface area contributed by atoms with Crippen molar-refractivity contribution in [1.82, 2.24) is 4.98 Å². The molecule has 4 fully saturated rings. The van der Waals surface area contributed by atoms with Crippen molar-refractivity contribution < 1.29 is 0 Å². The molecule has 2 aromatic rings. The molecule has 0 unspecified atom stereocenters. The lowest BCUT2D eigenvalue weighted by Crippen LogP contribution is -2.49. The maximum absolute atomic E-state index is 5.01. The van der Waals surface area contributed by atoms with Gasteiger partial charge in [-0.3, -0.25) is 4.99 Å². The molecule has 218 valence electrons. The van der Waals surface area contributed by atoms with Crippen LogP contribution < -0.4 is 4.90 Å². The molecule has 1 aliphatic heterocycles. The second-order valence-electron chi connectivity index (χ2n) is 14.1. The third kappa shape index (κ3) is 5.58. The minimum atomic E-state index is 0.352. The molecule has 0 spiro atoms. The lowest BCUT2D eigenvalue weighted by atomic mass is 9.51. The van der Waals surface area contributed by atoms with E-state index in [2.05, 4.69) is 69.0 Å². The van der Waals surface area contributed by atoms with Crippen LogP contribution in [0.25, 0.3) is 5.70 Å². The topological polar surface area (TPSA) is 28.5 Å². The second kappa shape index (κ2) is 11.5. The van der Waals surface area contributed by atoms with Gasteiger partial charge in [0.2, 0.25) is 0 Å². The van der Waals surface area contributed by atoms with Gasteiger partial charge < -0.3 is 4.90 Å². The molecule has 2 heterocycles. The zero-order chi connectivity index (χ0) is 28.6. The lowest BCUT2D eigenvalue weighted by Gasteiger charge is -2.55. The first-order valence-corrected chi connectivity index (χ1v) is 16.6. The summed E-state index contributed by atoms with van der Waals surface area (Å²) in [6.07, 6.45) is 20.8. The quantitative estimate of drug-likeness (QED) is 0.311. The van der Waals surface area contributed by atoms with Gasteiger partial charge in [0.25, 0.3) is 0 Å². The van der Waals surface area contributed by atoms with Crippen molar-refractivity contribution in [2.45, 2.75) is 117 Å². The Labute approximate surface area is 249 Å². The Morgan fingerprint density at radius 2 is 1.73 bits per heavy atom. The summed E-state index contributed by atoms with van der Waals surface area (Å²) in [4.78, 5) is 12.6. The van der Waals surface area contributed by atoms with Crippen LogP contribution >= 0.6 is 0 Å². The van der Waals surface area contributed by atoms with E-state index < -0.39 is 0 Å². The first kappa shape index (κ1) is 28.4. The van der Waals surface area contributed by atoms with E-state index in [-0.39, 0.29) is 0 Å². The summed E-state index contributed by atoms with van der Waals surface area (Å²) in [7, 11) is 0. The van der Waals surface area contributed by atoms with Gasteiger partial charge in [-0.05, 0) is 116 Å². The normalized spacial score (nSPS) is 26.3. The van der Waals surface area contributed by atoms with Crippen LogP contribution in [-0.4, -0.2) is 17.2 Å². The van der Waals surface area contributed by atoms with E-state index in [0.717, 1.165) is 30.9 Å². The summed E-state index contributed by atoms with van der Waals surface area (Å²) in [5.74, 6) is 2.15. The molecule has 4 aliphatic carbocycles. The highest BCUT2D eigenvalue weighted by Crippen LogP contribution is 2.58. The molecule has 5 aliphatic rings. The van der Waals surface area contributed by atoms with E-state index in [1.165, 1.54) is 98.7 Å². The molecular weight excluding hydrogens is 498 g/mol. The first-order chi connectivity index (χ1) is 19.8. The van der Waals surface area contributed by atoms with Crippen LogP contribution in [0.15, 0.2) is 59.9 Å². The van der Waals surface area contributed by atoms with Crippen molar-refractivity contribution >= 4 is 17.2 Å². The maximum Gasteiger partial charge on any atom is 0.133 e. The van der Waals surface area contributed by atoms with E-state index >= 15 is 0 Å². The van der Waals surface area contributed by atoms with Gasteiger partial charge in [-0.2, -0.15) is 0 Å². The molecule has 0 saturated heterocycles. The molecular formula is C38H51N3. The van der Waals surface area contributed by atoms with Gasteiger partial charge in [-0.25, -0.2) is 4.98 Å². The monoisotopic (exact) mass is 549 g/mol. The Hall–Kier alpha value is -2.68. The fourth-order valence-electron chi connectivity index (χ4n) is 8.40. The highest BCUT2D eigenvalue weighted by Gasteiger charge is 2.50. The summed E-state index contributed by atoms with van der Waals surface area (Å²) in [6.45, 7) is 14.9. The van der Waals surface area contributed by atoms with Crippen molar-refractivity contribution in [3.8, 4) is 0 Å². The largest absolute Gasteiger partial charge is 0.330 e. The van der Waals surface area contributed by atoms with Crippen molar-refractivity contribution in [2.24, 2.45) is 22.2 Å². The minimum Gasteiger partial charge on any atom is -0.330 e. The van der Waals surface area contributed by atoms with Crippen molar-refractivity contribution in [3.63, 3.8) is 0 Å². The molecule has 1 aromatic heterocycles. The van der Waals surface area contributed by atoms with E-state index in [4.69, 9.17) is 16.6 Å². The number of aliphatic imine (C=N–C) groups is 1. The number of nitrogens with zero attached hydrogens (tertiary/aromatic N) is 3. The number of benzene rings is 1. The zero-order valence-electron chi connectivity index (χ0n) is 26.1. The van der Waals surface area contributed by atoms with Crippen LogP contribution in [0.4, 0.5) is 5.82 Å². The predicted octanol–water partition coefficient (Wildman–Crippen LogP) is 9.99. The molecule has 7 rings (SSSR count). The highest BCUT2D eigenvalue weighted by molar-refractivity contribution is 5.97. The minimum absolute atomic E-state index is 0.352. The highest BCUT2D eigenvalue weighted by atomic mass is 15.2. The summed E-state index contributed by atoms with van der Waals surface area (Å²) in [5, 5.41) is 0. The molecule has 0 radical (unpaired) electrons. The Balaban J connectivity index is 1.26. The van der Waals surface area contributed by atoms with Crippen molar-refractivity contribution in [3.05, 3.63) is 77.1 Å². The van der Waals surface area contributed by atoms with Gasteiger partial charge >= 0.3 is 0 Å². The maximum atomic E-state index is 5.01. The summed E-state index contributed by atoms with van der Waals surface area (Å²) < 4.78 is 0. The number of pyridine rings is 1. The van der Waals surface area contributed by atoms with Crippen LogP contribution in [0.2, 0.25) is 0 Å². The standard InChI is InChI=1S/C38H51N3/c1-6-30-12-13-33(24-28(30)4)38-20-17-37(18-21-38,19-22-38)26-41(29(5)31-10-8-7-9-11-31)36-25-32(16-23-39-36)35-15-14-34(40-35)27(2)3/h12-13,15-16,23-25,27,31H,5-11,14,17-22,26H2,1-4H3. The summed E-state index contributed by atoms with van der Waals surface area (Å²) in [6, 6.07) is 11.8. The van der Waals surface area contributed by atoms with Gasteiger partial charge in [0.1, 0.15) is 5.82 Å². The van der Waals surface area contributed by atoms with Gasteiger partial charge in [-0.1, -0.05) is 70.9 Å². The van der Waals surface area contributed by atoms with Crippen LogP contribution in [0.3, 0.4) is 0 Å². The number of hydrogen-bond acceptors (Lipinski definition) is 3. The van der Waals surface area contributed by atoms with Gasteiger partial charge in [0.05, 0.1) is 5.70 Å². The lowest BCUT2D eigenvalue weighted by molar-refractivity contribution is 0.0459. The molecule has 0 atom stereocenters. The number of hydrogen-bond donors (Lipinski definition) is 0. The number of aryl methyl sites for hydroxylation is 2. The Morgan fingerprint density at radius 3 is 2.37 bits per heavy atom. The molecule has 4 saturated carbocycles. The fourth-order valence-corrected chi connectivity index (χ4v) is 8.40. The van der Waals surface area contributed by atoms with Gasteiger partial charge in [-0.15, -0.1) is 0 Å². The second-order valence-corrected chi connectivity index (χ2v) is 14.1. The van der Waals surface area contributed by atoms with Crippen LogP contribution in [0.5, 0.6) is 0 Å². The SMILES string of the molecule is C=C(C1CCCCC1)N(CC12CCC(c3ccc(CC)c(C)c3)(CC1)CC2)c1cc(C2=CCC(C(C)C)=N2)ccn1. The Kier molecular flexibility index (Phi) is 8.00. The smallest absolute Gasteiger partial charge is 0.133 e. The molecule has 41 heavy (non-hydrogen) atoms. The molecule has 2 bridgehead atoms. The zero-order valence-corrected chi connectivity index (χ0v) is 26.1. The fraction of sp³-hybridized carbons (Fsp3) is 0.579. The van der Waals surface area contributed by atoms with Gasteiger partial charge in [0.15, 0.2) is 0 Å². The van der Waals surface area contributed by atoms with E-state index in [1.807, 2.05) is 6.20 Å². The number of rotatable bonds is 9. The molecule has 0 amide bonds. The number of anilines is 1. The summed E-state index contributed by atoms with van der Waals surface area (Å²) >= 11 is 0. The third-order valence-corrected chi connectivity index (χ3v) is 11.4. The third-order valence-electron chi connectivity index (χ3n) is 11.4. The Morgan fingerprint density at radius 1 is 1.00 bits per heavy atom. The Bertz CT molecular complexity index is 1310. The average molecular weight is 550 g/mol. The molecule has 0 N–H and O–H groups in total. The summed E-state index contributed by atoms with van der Waals surface area (Å²) in [5.41, 5.74) is 10.2. The van der Waals surface area contributed by atoms with Crippen molar-refractivity contribution in [1.29, 1.82) is 0 Å².